The van der Waals surface area contributed by atoms with Crippen molar-refractivity contribution in [2.24, 2.45) is 0 Å². The highest BCUT2D eigenvalue weighted by Crippen LogP contribution is 2.29. The molecule has 0 bridgehead atoms. The van der Waals surface area contributed by atoms with Gasteiger partial charge >= 0.3 is 5.97 Å². The third kappa shape index (κ3) is 6.43. The molecular weight excluding hydrogens is 282 g/mol. The van der Waals surface area contributed by atoms with Crippen molar-refractivity contribution < 1.29 is 19.4 Å². The fourth-order valence-electron chi connectivity index (χ4n) is 2.26. The van der Waals surface area contributed by atoms with Gasteiger partial charge in [0, 0.05) is 25.3 Å². The monoisotopic (exact) mass is 309 g/mol. The van der Waals surface area contributed by atoms with Crippen molar-refractivity contribution in [3.63, 3.8) is 0 Å². The van der Waals surface area contributed by atoms with Gasteiger partial charge in [0.25, 0.3) is 0 Å². The van der Waals surface area contributed by atoms with E-state index in [1.807, 2.05) is 13.8 Å². The second kappa shape index (κ2) is 10.2. The smallest absolute Gasteiger partial charge is 0.309 e. The van der Waals surface area contributed by atoms with Crippen LogP contribution in [0.1, 0.15) is 56.6 Å². The van der Waals surface area contributed by atoms with E-state index in [0.717, 1.165) is 55.4 Å². The van der Waals surface area contributed by atoms with Crippen molar-refractivity contribution in [3.8, 4) is 11.6 Å². The van der Waals surface area contributed by atoms with E-state index in [-0.39, 0.29) is 12.6 Å². The Balaban J connectivity index is 2.40. The van der Waals surface area contributed by atoms with Crippen LogP contribution in [0.5, 0.6) is 11.6 Å². The van der Waals surface area contributed by atoms with E-state index in [1.165, 1.54) is 6.92 Å². The van der Waals surface area contributed by atoms with Gasteiger partial charge in [-0.15, -0.1) is 0 Å². The highest BCUT2D eigenvalue weighted by molar-refractivity contribution is 5.69. The third-order valence-electron chi connectivity index (χ3n) is 3.43. The molecular formula is C17H27NO4. The Labute approximate surface area is 132 Å². The lowest BCUT2D eigenvalue weighted by Crippen LogP contribution is -2.07. The van der Waals surface area contributed by atoms with Crippen LogP contribution in [0.4, 0.5) is 0 Å². The van der Waals surface area contributed by atoms with Gasteiger partial charge in [-0.1, -0.05) is 25.7 Å². The zero-order valence-corrected chi connectivity index (χ0v) is 13.9. The van der Waals surface area contributed by atoms with E-state index in [9.17, 15) is 4.79 Å². The second-order valence-corrected chi connectivity index (χ2v) is 5.49. The van der Waals surface area contributed by atoms with E-state index in [0.29, 0.717) is 12.5 Å². The number of unbranched alkanes of at least 4 members (excludes halogenated alkanes) is 5. The summed E-state index contributed by atoms with van der Waals surface area (Å²) in [6.45, 7) is 6.07. The van der Waals surface area contributed by atoms with Gasteiger partial charge in [-0.05, 0) is 26.7 Å². The molecule has 0 saturated carbocycles. The molecule has 0 aliphatic carbocycles. The lowest BCUT2D eigenvalue weighted by atomic mass is 10.1. The maximum atomic E-state index is 11.1. The Morgan fingerprint density at radius 2 is 1.77 bits per heavy atom. The van der Waals surface area contributed by atoms with Crippen LogP contribution in [-0.2, 0) is 4.79 Å². The topological polar surface area (TPSA) is 68.7 Å². The first-order valence-electron chi connectivity index (χ1n) is 7.94. The molecule has 0 saturated heterocycles. The number of hydrogen-bond acceptors (Lipinski definition) is 5. The molecule has 0 aliphatic heterocycles. The summed E-state index contributed by atoms with van der Waals surface area (Å²) in [4.78, 5) is 15.2. The molecule has 0 atom stereocenters. The number of esters is 1. The van der Waals surface area contributed by atoms with Gasteiger partial charge in [-0.3, -0.25) is 4.79 Å². The van der Waals surface area contributed by atoms with Crippen LogP contribution in [0.3, 0.4) is 0 Å². The molecule has 0 amide bonds. The molecule has 5 nitrogen and oxygen atoms in total. The highest BCUT2D eigenvalue weighted by Gasteiger charge is 2.12. The van der Waals surface area contributed by atoms with Gasteiger partial charge in [0.05, 0.1) is 12.2 Å². The van der Waals surface area contributed by atoms with E-state index in [1.54, 1.807) is 6.20 Å². The third-order valence-corrected chi connectivity index (χ3v) is 3.43. The van der Waals surface area contributed by atoms with Crippen molar-refractivity contribution in [1.29, 1.82) is 0 Å². The minimum absolute atomic E-state index is 0.286. The Morgan fingerprint density at radius 3 is 2.41 bits per heavy atom. The zero-order valence-electron chi connectivity index (χ0n) is 13.9. The maximum absolute atomic E-state index is 11.1. The molecule has 0 fully saturated rings. The molecule has 1 N–H and O–H groups in total. The second-order valence-electron chi connectivity index (χ2n) is 5.49. The fourth-order valence-corrected chi connectivity index (χ4v) is 2.26. The minimum Gasteiger partial charge on any atom is -0.493 e. The average molecular weight is 309 g/mol. The molecule has 0 aliphatic rings. The summed E-state index contributed by atoms with van der Waals surface area (Å²) in [6.07, 6.45) is 8.07. The molecule has 124 valence electrons. The summed E-state index contributed by atoms with van der Waals surface area (Å²) in [5, 5.41) is 8.71. The summed E-state index contributed by atoms with van der Waals surface area (Å²) < 4.78 is 10.9. The number of aryl methyl sites for hydroxylation is 1. The molecule has 5 heteroatoms. The average Bonchev–Trinajstić information content (AvgIpc) is 2.47. The molecule has 0 unspecified atom stereocenters. The largest absolute Gasteiger partial charge is 0.493 e. The Bertz CT molecular complexity index is 474. The van der Waals surface area contributed by atoms with Crippen molar-refractivity contribution >= 4 is 5.97 Å². The van der Waals surface area contributed by atoms with Gasteiger partial charge in [0.15, 0.2) is 0 Å². The summed E-state index contributed by atoms with van der Waals surface area (Å²) in [5.41, 5.74) is 1.70. The first-order chi connectivity index (χ1) is 10.6. The predicted molar refractivity (Wildman–Crippen MR) is 85.3 cm³/mol. The molecule has 1 rings (SSSR count). The van der Waals surface area contributed by atoms with Crippen molar-refractivity contribution in [3.05, 3.63) is 17.3 Å². The maximum Gasteiger partial charge on any atom is 0.309 e. The number of pyridine rings is 1. The van der Waals surface area contributed by atoms with Crippen LogP contribution in [0, 0.1) is 13.8 Å². The summed E-state index contributed by atoms with van der Waals surface area (Å²) in [6, 6.07) is 0. The van der Waals surface area contributed by atoms with Gasteiger partial charge in [0.1, 0.15) is 5.75 Å². The van der Waals surface area contributed by atoms with Gasteiger partial charge < -0.3 is 14.6 Å². The number of aliphatic hydroxyl groups excluding tert-OH is 1. The minimum atomic E-state index is -0.381. The predicted octanol–water partition coefficient (Wildman–Crippen LogP) is 3.34. The Hall–Kier alpha value is -1.62. The number of aliphatic hydroxyl groups is 1. The van der Waals surface area contributed by atoms with Gasteiger partial charge in [0.2, 0.25) is 5.88 Å². The van der Waals surface area contributed by atoms with Crippen molar-refractivity contribution in [2.75, 3.05) is 13.2 Å². The SMILES string of the molecule is CC(=O)Oc1ncc(C)c(OCCCCCCCCO)c1C. The van der Waals surface area contributed by atoms with Crippen molar-refractivity contribution in [1.82, 2.24) is 4.98 Å². The summed E-state index contributed by atoms with van der Waals surface area (Å²) in [7, 11) is 0. The van der Waals surface area contributed by atoms with Crippen LogP contribution >= 0.6 is 0 Å². The molecule has 0 aromatic carbocycles. The summed E-state index contributed by atoms with van der Waals surface area (Å²) >= 11 is 0. The lowest BCUT2D eigenvalue weighted by molar-refractivity contribution is -0.132. The van der Waals surface area contributed by atoms with E-state index in [2.05, 4.69) is 4.98 Å². The van der Waals surface area contributed by atoms with E-state index < -0.39 is 0 Å². The molecule has 0 radical (unpaired) electrons. The number of hydrogen-bond donors (Lipinski definition) is 1. The molecule has 1 aromatic rings. The number of carbonyl (C=O) groups excluding carboxylic acids is 1. The fraction of sp³-hybridized carbons (Fsp3) is 0.647. The molecule has 1 aromatic heterocycles. The normalized spacial score (nSPS) is 10.5. The Kier molecular flexibility index (Phi) is 8.51. The number of nitrogens with zero attached hydrogens (tertiary/aromatic N) is 1. The number of carbonyl (C=O) groups is 1. The van der Waals surface area contributed by atoms with Crippen LogP contribution in [0.2, 0.25) is 0 Å². The van der Waals surface area contributed by atoms with Crippen LogP contribution < -0.4 is 9.47 Å². The number of rotatable bonds is 10. The molecule has 0 spiro atoms. The standard InChI is InChI=1S/C17H27NO4/c1-13-12-18-17(22-15(3)20)14(2)16(13)21-11-9-7-5-4-6-8-10-19/h12,19H,4-11H2,1-3H3. The number of ether oxygens (including phenoxy) is 2. The lowest BCUT2D eigenvalue weighted by Gasteiger charge is -2.14. The van der Waals surface area contributed by atoms with Crippen LogP contribution in [-0.4, -0.2) is 29.3 Å². The highest BCUT2D eigenvalue weighted by atomic mass is 16.5. The van der Waals surface area contributed by atoms with Crippen LogP contribution in [0.15, 0.2) is 6.20 Å². The molecule has 1 heterocycles. The molecule has 22 heavy (non-hydrogen) atoms. The number of aromatic nitrogens is 1. The van der Waals surface area contributed by atoms with E-state index >= 15 is 0 Å². The van der Waals surface area contributed by atoms with Crippen molar-refractivity contribution in [2.45, 2.75) is 59.3 Å². The van der Waals surface area contributed by atoms with Gasteiger partial charge in [-0.2, -0.15) is 0 Å². The van der Waals surface area contributed by atoms with E-state index in [4.69, 9.17) is 14.6 Å². The quantitative estimate of drug-likeness (QED) is 0.530. The first kappa shape index (κ1) is 18.4. The first-order valence-corrected chi connectivity index (χ1v) is 7.94. The Morgan fingerprint density at radius 1 is 1.14 bits per heavy atom. The van der Waals surface area contributed by atoms with Crippen LogP contribution in [0.25, 0.3) is 0 Å². The summed E-state index contributed by atoms with van der Waals surface area (Å²) in [5.74, 6) is 0.692. The van der Waals surface area contributed by atoms with Gasteiger partial charge in [-0.25, -0.2) is 4.98 Å². The zero-order chi connectivity index (χ0) is 16.4.